The smallest absolute Gasteiger partial charge is 0.306 e. The Morgan fingerprint density at radius 2 is 2.04 bits per heavy atom. The number of aliphatic hydroxyl groups excluding tert-OH is 1. The van der Waals surface area contributed by atoms with Crippen LogP contribution in [-0.2, 0) is 25.7 Å². The first kappa shape index (κ1) is 22.1. The zero-order valence-corrected chi connectivity index (χ0v) is 16.8. The summed E-state index contributed by atoms with van der Waals surface area (Å²) in [6.45, 7) is 8.45. The van der Waals surface area contributed by atoms with E-state index in [-0.39, 0.29) is 31.0 Å². The van der Waals surface area contributed by atoms with Crippen LogP contribution in [0.5, 0.6) is 5.75 Å². The predicted molar refractivity (Wildman–Crippen MR) is 105 cm³/mol. The van der Waals surface area contributed by atoms with E-state index < -0.39 is 18.0 Å². The van der Waals surface area contributed by atoms with Crippen LogP contribution in [0, 0.1) is 17.8 Å². The molecule has 1 N–H and O–H groups in total. The summed E-state index contributed by atoms with van der Waals surface area (Å²) < 4.78 is 16.1. The molecule has 1 fully saturated rings. The Labute approximate surface area is 166 Å². The summed E-state index contributed by atoms with van der Waals surface area (Å²) >= 11 is 0. The highest BCUT2D eigenvalue weighted by molar-refractivity contribution is 5.74. The first-order valence-corrected chi connectivity index (χ1v) is 9.62. The number of hydrogen-bond acceptors (Lipinski definition) is 6. The quantitative estimate of drug-likeness (QED) is 0.376. The van der Waals surface area contributed by atoms with Gasteiger partial charge in [0.25, 0.3) is 0 Å². The Kier molecular flexibility index (Phi) is 8.20. The minimum absolute atomic E-state index is 0.0228. The number of rotatable bonds is 10. The molecule has 154 valence electrons. The normalized spacial score (nSPS) is 23.9. The minimum atomic E-state index is -0.987. The number of aldehydes is 1. The molecule has 1 aromatic carbocycles. The van der Waals surface area contributed by atoms with Crippen LogP contribution in [-0.4, -0.2) is 43.3 Å². The molecular formula is C22H30O6. The predicted octanol–water partition coefficient (Wildman–Crippen LogP) is 2.92. The maximum absolute atomic E-state index is 11.7. The van der Waals surface area contributed by atoms with Gasteiger partial charge < -0.3 is 24.1 Å². The van der Waals surface area contributed by atoms with Crippen molar-refractivity contribution in [3.05, 3.63) is 42.0 Å². The van der Waals surface area contributed by atoms with Gasteiger partial charge in [-0.1, -0.05) is 31.2 Å². The standard InChI is InChI=1S/C22H30O6/c1-5-27-20(24)11-17(12-23)22(25)21-14(2)10-19(15(21)3)28-13-16-6-8-18(26-4)9-7-16/h6-9,12,15,17,19,21-22,25H,2,5,10-11,13H2,1,3-4H3/t15-,17-,19?,21-,22?/m1/s1. The molecule has 0 spiro atoms. The van der Waals surface area contributed by atoms with Gasteiger partial charge in [0.15, 0.2) is 0 Å². The highest BCUT2D eigenvalue weighted by Gasteiger charge is 2.43. The van der Waals surface area contributed by atoms with Gasteiger partial charge in [-0.2, -0.15) is 0 Å². The van der Waals surface area contributed by atoms with E-state index in [4.69, 9.17) is 14.2 Å². The average molecular weight is 390 g/mol. The van der Waals surface area contributed by atoms with Crippen molar-refractivity contribution in [1.82, 2.24) is 0 Å². The van der Waals surface area contributed by atoms with E-state index >= 15 is 0 Å². The molecule has 0 amide bonds. The largest absolute Gasteiger partial charge is 0.497 e. The van der Waals surface area contributed by atoms with Gasteiger partial charge >= 0.3 is 5.97 Å². The van der Waals surface area contributed by atoms with Gasteiger partial charge in [-0.15, -0.1) is 0 Å². The van der Waals surface area contributed by atoms with Crippen molar-refractivity contribution >= 4 is 12.3 Å². The fourth-order valence-electron chi connectivity index (χ4n) is 3.80. The van der Waals surface area contributed by atoms with Gasteiger partial charge in [0.05, 0.1) is 44.9 Å². The summed E-state index contributed by atoms with van der Waals surface area (Å²) in [5.74, 6) is -0.835. The number of carbonyl (C=O) groups is 2. The summed E-state index contributed by atoms with van der Waals surface area (Å²) in [5.41, 5.74) is 1.87. The number of hydrogen-bond donors (Lipinski definition) is 1. The van der Waals surface area contributed by atoms with Crippen molar-refractivity contribution in [3.8, 4) is 5.75 Å². The van der Waals surface area contributed by atoms with Gasteiger partial charge in [-0.05, 0) is 37.0 Å². The number of ether oxygens (including phenoxy) is 3. The van der Waals surface area contributed by atoms with Crippen LogP contribution in [0.2, 0.25) is 0 Å². The lowest BCUT2D eigenvalue weighted by Gasteiger charge is -2.28. The Balaban J connectivity index is 1.97. The molecule has 0 saturated heterocycles. The molecule has 0 heterocycles. The monoisotopic (exact) mass is 390 g/mol. The first-order chi connectivity index (χ1) is 13.4. The Morgan fingerprint density at radius 1 is 1.36 bits per heavy atom. The molecule has 2 unspecified atom stereocenters. The lowest BCUT2D eigenvalue weighted by molar-refractivity contribution is -0.147. The molecule has 28 heavy (non-hydrogen) atoms. The zero-order chi connectivity index (χ0) is 20.7. The molecule has 0 aliphatic heterocycles. The first-order valence-electron chi connectivity index (χ1n) is 9.62. The molecule has 6 nitrogen and oxygen atoms in total. The fraction of sp³-hybridized carbons (Fsp3) is 0.545. The second-order valence-corrected chi connectivity index (χ2v) is 7.24. The van der Waals surface area contributed by atoms with E-state index in [1.54, 1.807) is 14.0 Å². The second kappa shape index (κ2) is 10.4. The van der Waals surface area contributed by atoms with Crippen LogP contribution >= 0.6 is 0 Å². The van der Waals surface area contributed by atoms with Crippen LogP contribution in [0.15, 0.2) is 36.4 Å². The van der Waals surface area contributed by atoms with Crippen molar-refractivity contribution in [2.45, 2.75) is 45.5 Å². The molecule has 0 bridgehead atoms. The van der Waals surface area contributed by atoms with Gasteiger partial charge in [-0.3, -0.25) is 4.79 Å². The lowest BCUT2D eigenvalue weighted by atomic mass is 9.82. The summed E-state index contributed by atoms with van der Waals surface area (Å²) in [6, 6.07) is 7.65. The molecule has 5 atom stereocenters. The third kappa shape index (κ3) is 5.42. The topological polar surface area (TPSA) is 82.1 Å². The van der Waals surface area contributed by atoms with Crippen LogP contribution < -0.4 is 4.74 Å². The van der Waals surface area contributed by atoms with Gasteiger partial charge in [0, 0.05) is 5.92 Å². The number of esters is 1. The van der Waals surface area contributed by atoms with E-state index in [0.29, 0.717) is 19.3 Å². The highest BCUT2D eigenvalue weighted by Crippen LogP contribution is 2.41. The van der Waals surface area contributed by atoms with E-state index in [2.05, 4.69) is 6.58 Å². The minimum Gasteiger partial charge on any atom is -0.497 e. The Hall–Kier alpha value is -2.18. The molecule has 1 saturated carbocycles. The van der Waals surface area contributed by atoms with Crippen LogP contribution in [0.3, 0.4) is 0 Å². The third-order valence-electron chi connectivity index (χ3n) is 5.40. The number of carbonyl (C=O) groups excluding carboxylic acids is 2. The molecule has 1 aromatic rings. The van der Waals surface area contributed by atoms with Crippen LogP contribution in [0.1, 0.15) is 32.3 Å². The molecule has 0 aromatic heterocycles. The molecule has 1 aliphatic rings. The van der Waals surface area contributed by atoms with E-state index in [9.17, 15) is 14.7 Å². The SMILES string of the molecule is C=C1CC(OCc2ccc(OC)cc2)[C@@H](C)[C@@H]1C(O)[C@@H](C=O)CC(=O)OCC. The number of aliphatic hydroxyl groups is 1. The maximum Gasteiger partial charge on any atom is 0.306 e. The molecule has 2 rings (SSSR count). The zero-order valence-electron chi connectivity index (χ0n) is 16.8. The molecular weight excluding hydrogens is 360 g/mol. The van der Waals surface area contributed by atoms with E-state index in [0.717, 1.165) is 16.9 Å². The number of methoxy groups -OCH3 is 1. The fourth-order valence-corrected chi connectivity index (χ4v) is 3.80. The van der Waals surface area contributed by atoms with Crippen molar-refractivity contribution in [3.63, 3.8) is 0 Å². The van der Waals surface area contributed by atoms with Crippen molar-refractivity contribution in [1.29, 1.82) is 0 Å². The Bertz CT molecular complexity index is 668. The van der Waals surface area contributed by atoms with Gasteiger partial charge in [0.2, 0.25) is 0 Å². The summed E-state index contributed by atoms with van der Waals surface area (Å²) in [4.78, 5) is 23.2. The molecule has 1 aliphatic carbocycles. The summed E-state index contributed by atoms with van der Waals surface area (Å²) in [6.07, 6.45) is 0.0203. The lowest BCUT2D eigenvalue weighted by Crippen LogP contribution is -2.36. The van der Waals surface area contributed by atoms with Gasteiger partial charge in [0.1, 0.15) is 12.0 Å². The third-order valence-corrected chi connectivity index (χ3v) is 5.40. The molecule has 6 heteroatoms. The van der Waals surface area contributed by atoms with Crippen LogP contribution in [0.4, 0.5) is 0 Å². The number of benzene rings is 1. The van der Waals surface area contributed by atoms with Gasteiger partial charge in [-0.25, -0.2) is 0 Å². The average Bonchev–Trinajstić information content (AvgIpc) is 2.97. The molecule has 0 radical (unpaired) electrons. The Morgan fingerprint density at radius 3 is 2.61 bits per heavy atom. The van der Waals surface area contributed by atoms with Crippen LogP contribution in [0.25, 0.3) is 0 Å². The van der Waals surface area contributed by atoms with Crippen molar-refractivity contribution in [2.75, 3.05) is 13.7 Å². The van der Waals surface area contributed by atoms with E-state index in [1.807, 2.05) is 31.2 Å². The summed E-state index contributed by atoms with van der Waals surface area (Å²) in [5, 5.41) is 10.8. The van der Waals surface area contributed by atoms with Crippen molar-refractivity contribution < 1.29 is 28.9 Å². The summed E-state index contributed by atoms with van der Waals surface area (Å²) in [7, 11) is 1.62. The second-order valence-electron chi connectivity index (χ2n) is 7.24. The highest BCUT2D eigenvalue weighted by atomic mass is 16.5. The maximum atomic E-state index is 11.7. The van der Waals surface area contributed by atoms with E-state index in [1.165, 1.54) is 0 Å². The van der Waals surface area contributed by atoms with Crippen molar-refractivity contribution in [2.24, 2.45) is 17.8 Å².